The fraction of sp³-hybridized carbons (Fsp3) is 0.238. The molecule has 2 aromatic carbocycles. The van der Waals surface area contributed by atoms with Gasteiger partial charge in [-0.3, -0.25) is 4.90 Å². The molecular formula is C21H21FN2O. The molecule has 4 heteroatoms. The molecule has 128 valence electrons. The van der Waals surface area contributed by atoms with Crippen molar-refractivity contribution >= 4 is 0 Å². The normalized spacial score (nSPS) is 17.9. The van der Waals surface area contributed by atoms with Crippen molar-refractivity contribution in [3.8, 4) is 5.75 Å². The molecule has 1 aliphatic heterocycles. The highest BCUT2D eigenvalue weighted by Crippen LogP contribution is 2.35. The van der Waals surface area contributed by atoms with Crippen LogP contribution < -0.4 is 0 Å². The molecule has 0 saturated carbocycles. The first-order valence-electron chi connectivity index (χ1n) is 8.64. The minimum absolute atomic E-state index is 0.168. The van der Waals surface area contributed by atoms with Crippen molar-refractivity contribution in [2.75, 3.05) is 6.54 Å². The van der Waals surface area contributed by atoms with Gasteiger partial charge in [-0.05, 0) is 30.7 Å². The number of benzene rings is 2. The maximum Gasteiger partial charge on any atom is 0.128 e. The van der Waals surface area contributed by atoms with Crippen LogP contribution in [-0.2, 0) is 13.1 Å². The van der Waals surface area contributed by atoms with Crippen LogP contribution in [0.2, 0.25) is 0 Å². The van der Waals surface area contributed by atoms with Gasteiger partial charge in [0.2, 0.25) is 0 Å². The number of hydrogen-bond donors (Lipinski definition) is 1. The Morgan fingerprint density at radius 2 is 1.76 bits per heavy atom. The number of hydrogen-bond acceptors (Lipinski definition) is 2. The molecule has 3 nitrogen and oxygen atoms in total. The lowest BCUT2D eigenvalue weighted by molar-refractivity contribution is 0.214. The topological polar surface area (TPSA) is 28.4 Å². The predicted octanol–water partition coefficient (Wildman–Crippen LogP) is 4.33. The average Bonchev–Trinajstić information content (AvgIpc) is 3.00. The van der Waals surface area contributed by atoms with E-state index in [0.29, 0.717) is 12.1 Å². The van der Waals surface area contributed by atoms with Crippen molar-refractivity contribution in [3.63, 3.8) is 0 Å². The Labute approximate surface area is 147 Å². The van der Waals surface area contributed by atoms with Crippen LogP contribution in [0.4, 0.5) is 4.39 Å². The molecule has 1 N–H and O–H groups in total. The Morgan fingerprint density at radius 3 is 2.60 bits per heavy atom. The van der Waals surface area contributed by atoms with Gasteiger partial charge in [-0.1, -0.05) is 36.4 Å². The minimum Gasteiger partial charge on any atom is -0.508 e. The third-order valence-corrected chi connectivity index (χ3v) is 4.92. The number of phenols is 1. The van der Waals surface area contributed by atoms with E-state index >= 15 is 0 Å². The fourth-order valence-electron chi connectivity index (χ4n) is 3.73. The van der Waals surface area contributed by atoms with Gasteiger partial charge >= 0.3 is 0 Å². The lowest BCUT2D eigenvalue weighted by Crippen LogP contribution is -2.30. The van der Waals surface area contributed by atoms with Crippen LogP contribution in [0.25, 0.3) is 0 Å². The summed E-state index contributed by atoms with van der Waals surface area (Å²) in [5, 5.41) is 10.2. The van der Waals surface area contributed by atoms with E-state index < -0.39 is 0 Å². The molecule has 1 atom stereocenters. The minimum atomic E-state index is -0.190. The Balaban J connectivity index is 1.78. The molecule has 0 fully saturated rings. The number of aromatic hydroxyl groups is 1. The maximum absolute atomic E-state index is 14.6. The summed E-state index contributed by atoms with van der Waals surface area (Å²) in [6.07, 6.45) is 3.05. The first-order chi connectivity index (χ1) is 12.2. The standard InChI is InChI=1S/C21H21FN2O/c22-18-9-3-2-8-17(18)21-19-10-5-12-23(19)13-6-14-24(21)15-16-7-1-4-11-20(16)25/h1-5,7-12,21,25H,6,13-15H2/t21-/m1/s1. The Morgan fingerprint density at radius 1 is 0.960 bits per heavy atom. The molecule has 0 aliphatic carbocycles. The highest BCUT2D eigenvalue weighted by Gasteiger charge is 2.29. The molecule has 0 spiro atoms. The van der Waals surface area contributed by atoms with Gasteiger partial charge in [0, 0.05) is 42.7 Å². The van der Waals surface area contributed by atoms with E-state index in [0.717, 1.165) is 30.8 Å². The van der Waals surface area contributed by atoms with E-state index in [-0.39, 0.29) is 17.6 Å². The maximum atomic E-state index is 14.6. The van der Waals surface area contributed by atoms with Gasteiger partial charge in [0.25, 0.3) is 0 Å². The number of phenolic OH excluding ortho intramolecular Hbond substituents is 1. The quantitative estimate of drug-likeness (QED) is 0.771. The van der Waals surface area contributed by atoms with Crippen molar-refractivity contribution in [3.05, 3.63) is 89.5 Å². The van der Waals surface area contributed by atoms with E-state index in [1.54, 1.807) is 12.1 Å². The molecular weight excluding hydrogens is 315 g/mol. The molecule has 1 aliphatic rings. The van der Waals surface area contributed by atoms with Gasteiger partial charge in [-0.25, -0.2) is 4.39 Å². The smallest absolute Gasteiger partial charge is 0.128 e. The van der Waals surface area contributed by atoms with Crippen molar-refractivity contribution < 1.29 is 9.50 Å². The van der Waals surface area contributed by atoms with Gasteiger partial charge in [0.05, 0.1) is 6.04 Å². The summed E-state index contributed by atoms with van der Waals surface area (Å²) in [6, 6.07) is 18.3. The summed E-state index contributed by atoms with van der Waals surface area (Å²) in [5.74, 6) is 0.0962. The molecule has 0 unspecified atom stereocenters. The highest BCUT2D eigenvalue weighted by molar-refractivity contribution is 5.34. The lowest BCUT2D eigenvalue weighted by atomic mass is 10.0. The molecule has 3 aromatic rings. The number of nitrogens with zero attached hydrogens (tertiary/aromatic N) is 2. The largest absolute Gasteiger partial charge is 0.508 e. The number of rotatable bonds is 3. The summed E-state index contributed by atoms with van der Waals surface area (Å²) >= 11 is 0. The second-order valence-corrected chi connectivity index (χ2v) is 6.50. The van der Waals surface area contributed by atoms with Crippen molar-refractivity contribution in [1.29, 1.82) is 0 Å². The molecule has 0 radical (unpaired) electrons. The molecule has 1 aromatic heterocycles. The zero-order valence-electron chi connectivity index (χ0n) is 14.0. The number of aromatic nitrogens is 1. The summed E-state index contributed by atoms with van der Waals surface area (Å²) in [7, 11) is 0. The zero-order valence-corrected chi connectivity index (χ0v) is 14.0. The van der Waals surface area contributed by atoms with Crippen LogP contribution in [0.5, 0.6) is 5.75 Å². The third kappa shape index (κ3) is 3.05. The lowest BCUT2D eigenvalue weighted by Gasteiger charge is -2.31. The van der Waals surface area contributed by atoms with Crippen molar-refractivity contribution in [2.45, 2.75) is 25.6 Å². The molecule has 0 amide bonds. The number of halogens is 1. The monoisotopic (exact) mass is 336 g/mol. The Bertz CT molecular complexity index is 874. The molecule has 4 rings (SSSR count). The Hall–Kier alpha value is -2.59. The first-order valence-corrected chi connectivity index (χ1v) is 8.64. The van der Waals surface area contributed by atoms with Crippen LogP contribution in [0.3, 0.4) is 0 Å². The van der Waals surface area contributed by atoms with Gasteiger partial charge in [0.1, 0.15) is 11.6 Å². The summed E-state index contributed by atoms with van der Waals surface area (Å²) in [5.41, 5.74) is 2.64. The van der Waals surface area contributed by atoms with Crippen LogP contribution in [0.15, 0.2) is 66.9 Å². The first kappa shape index (κ1) is 15.9. The summed E-state index contributed by atoms with van der Waals surface area (Å²) in [4.78, 5) is 2.26. The van der Waals surface area contributed by atoms with Crippen molar-refractivity contribution in [1.82, 2.24) is 9.47 Å². The van der Waals surface area contributed by atoms with E-state index in [2.05, 4.69) is 21.7 Å². The number of fused-ring (bicyclic) bond motifs is 1. The third-order valence-electron chi connectivity index (χ3n) is 4.92. The average molecular weight is 336 g/mol. The molecule has 25 heavy (non-hydrogen) atoms. The van der Waals surface area contributed by atoms with E-state index in [1.165, 1.54) is 6.07 Å². The fourth-order valence-corrected chi connectivity index (χ4v) is 3.73. The number of para-hydroxylation sites is 1. The van der Waals surface area contributed by atoms with Crippen LogP contribution in [0.1, 0.15) is 29.3 Å². The second-order valence-electron chi connectivity index (χ2n) is 6.50. The molecule has 0 bridgehead atoms. The van der Waals surface area contributed by atoms with Gasteiger partial charge in [0.15, 0.2) is 0 Å². The summed E-state index contributed by atoms with van der Waals surface area (Å²) in [6.45, 7) is 2.34. The van der Waals surface area contributed by atoms with Gasteiger partial charge in [-0.2, -0.15) is 0 Å². The highest BCUT2D eigenvalue weighted by atomic mass is 19.1. The number of aryl methyl sites for hydroxylation is 1. The summed E-state index contributed by atoms with van der Waals surface area (Å²) < 4.78 is 16.8. The molecule has 0 saturated heterocycles. The van der Waals surface area contributed by atoms with Crippen LogP contribution >= 0.6 is 0 Å². The SMILES string of the molecule is Oc1ccccc1CN1CCCn2cccc2[C@H]1c1ccccc1F. The van der Waals surface area contributed by atoms with E-state index in [1.807, 2.05) is 36.4 Å². The van der Waals surface area contributed by atoms with Crippen LogP contribution in [0, 0.1) is 5.82 Å². The molecule has 2 heterocycles. The van der Waals surface area contributed by atoms with Crippen LogP contribution in [-0.4, -0.2) is 21.1 Å². The zero-order chi connectivity index (χ0) is 17.2. The van der Waals surface area contributed by atoms with Gasteiger partial charge in [-0.15, -0.1) is 0 Å². The van der Waals surface area contributed by atoms with E-state index in [4.69, 9.17) is 0 Å². The van der Waals surface area contributed by atoms with E-state index in [9.17, 15) is 9.50 Å². The van der Waals surface area contributed by atoms with Crippen molar-refractivity contribution in [2.24, 2.45) is 0 Å². The predicted molar refractivity (Wildman–Crippen MR) is 95.8 cm³/mol. The Kier molecular flexibility index (Phi) is 4.28. The van der Waals surface area contributed by atoms with Gasteiger partial charge < -0.3 is 9.67 Å². The second kappa shape index (κ2) is 6.73.